The maximum atomic E-state index is 12.4. The molecule has 0 aliphatic heterocycles. The van der Waals surface area contributed by atoms with Crippen LogP contribution in [0.25, 0.3) is 0 Å². The molecule has 8 heteroatoms. The van der Waals surface area contributed by atoms with Crippen molar-refractivity contribution >= 4 is 29.3 Å². The van der Waals surface area contributed by atoms with Crippen LogP contribution in [0, 0.1) is 6.92 Å². The van der Waals surface area contributed by atoms with Crippen molar-refractivity contribution in [3.63, 3.8) is 0 Å². The van der Waals surface area contributed by atoms with Gasteiger partial charge in [0.05, 0.1) is 10.8 Å². The van der Waals surface area contributed by atoms with Gasteiger partial charge in [0.25, 0.3) is 0 Å². The molecule has 0 saturated carbocycles. The van der Waals surface area contributed by atoms with E-state index in [1.807, 2.05) is 49.4 Å². The van der Waals surface area contributed by atoms with E-state index < -0.39 is 0 Å². The van der Waals surface area contributed by atoms with E-state index in [2.05, 4.69) is 33.9 Å². The molecule has 2 aromatic carbocycles. The minimum absolute atomic E-state index is 0.0359. The number of rotatable bonds is 11. The Hall–Kier alpha value is -2.51. The van der Waals surface area contributed by atoms with Crippen LogP contribution < -0.4 is 10.1 Å². The molecule has 170 valence electrons. The van der Waals surface area contributed by atoms with Gasteiger partial charge >= 0.3 is 0 Å². The highest BCUT2D eigenvalue weighted by atomic mass is 35.5. The fourth-order valence-corrected chi connectivity index (χ4v) is 4.46. The van der Waals surface area contributed by atoms with E-state index in [-0.39, 0.29) is 24.3 Å². The molecule has 0 atom stereocenters. The summed E-state index contributed by atoms with van der Waals surface area (Å²) in [5.74, 6) is 1.57. The highest BCUT2D eigenvalue weighted by Crippen LogP contribution is 2.28. The van der Waals surface area contributed by atoms with E-state index in [1.165, 1.54) is 11.8 Å². The number of hydrogen-bond donors (Lipinski definition) is 1. The standard InChI is InChI=1S/C24H29ClN4O2S/c1-4-19(5-2)29-22(15-31-21-13-9-8-12-20(21)25)27-28-24(29)32-16-23(30)26-14-18-11-7-6-10-17(18)3/h6-13,19H,4-5,14-16H2,1-3H3,(H,26,30). The first-order valence-electron chi connectivity index (χ1n) is 10.8. The molecule has 32 heavy (non-hydrogen) atoms. The van der Waals surface area contributed by atoms with Crippen LogP contribution in [-0.4, -0.2) is 26.4 Å². The Balaban J connectivity index is 1.65. The van der Waals surface area contributed by atoms with Crippen LogP contribution in [-0.2, 0) is 17.9 Å². The number of carbonyl (C=O) groups is 1. The average Bonchev–Trinajstić information content (AvgIpc) is 3.20. The van der Waals surface area contributed by atoms with E-state index in [9.17, 15) is 4.79 Å². The number of thioether (sulfide) groups is 1. The van der Waals surface area contributed by atoms with Crippen molar-refractivity contribution < 1.29 is 9.53 Å². The van der Waals surface area contributed by atoms with Crippen molar-refractivity contribution in [2.45, 2.75) is 58.0 Å². The van der Waals surface area contributed by atoms with Crippen LogP contribution in [0.3, 0.4) is 0 Å². The van der Waals surface area contributed by atoms with Crippen molar-refractivity contribution in [3.05, 3.63) is 70.5 Å². The van der Waals surface area contributed by atoms with Gasteiger partial charge in [0.15, 0.2) is 11.0 Å². The Bertz CT molecular complexity index is 1040. The quantitative estimate of drug-likeness (QED) is 0.368. The van der Waals surface area contributed by atoms with Crippen LogP contribution in [0.5, 0.6) is 5.75 Å². The van der Waals surface area contributed by atoms with Crippen LogP contribution in [0.2, 0.25) is 5.02 Å². The summed E-state index contributed by atoms with van der Waals surface area (Å²) in [4.78, 5) is 12.4. The summed E-state index contributed by atoms with van der Waals surface area (Å²) in [5.41, 5.74) is 2.28. The second-order valence-electron chi connectivity index (χ2n) is 7.45. The van der Waals surface area contributed by atoms with Crippen LogP contribution >= 0.6 is 23.4 Å². The summed E-state index contributed by atoms with van der Waals surface area (Å²) in [6, 6.07) is 15.6. The molecule has 0 aliphatic rings. The number of para-hydroxylation sites is 1. The summed E-state index contributed by atoms with van der Waals surface area (Å²) in [6.45, 7) is 7.09. The lowest BCUT2D eigenvalue weighted by Crippen LogP contribution is -2.25. The monoisotopic (exact) mass is 472 g/mol. The fraction of sp³-hybridized carbons (Fsp3) is 0.375. The molecule has 0 radical (unpaired) electrons. The molecule has 1 heterocycles. The van der Waals surface area contributed by atoms with Crippen molar-refractivity contribution in [2.75, 3.05) is 5.75 Å². The number of hydrogen-bond acceptors (Lipinski definition) is 5. The summed E-state index contributed by atoms with van der Waals surface area (Å²) < 4.78 is 7.99. The maximum absolute atomic E-state index is 12.4. The van der Waals surface area contributed by atoms with Crippen LogP contribution in [0.15, 0.2) is 53.7 Å². The minimum Gasteiger partial charge on any atom is -0.484 e. The fourth-order valence-electron chi connectivity index (χ4n) is 3.41. The predicted molar refractivity (Wildman–Crippen MR) is 129 cm³/mol. The Morgan fingerprint density at radius 3 is 2.56 bits per heavy atom. The second kappa shape index (κ2) is 11.9. The predicted octanol–water partition coefficient (Wildman–Crippen LogP) is 5.59. The van der Waals surface area contributed by atoms with Gasteiger partial charge in [-0.25, -0.2) is 0 Å². The molecule has 0 spiro atoms. The van der Waals surface area contributed by atoms with Gasteiger partial charge in [-0.05, 0) is 43.0 Å². The number of halogens is 1. The topological polar surface area (TPSA) is 69.0 Å². The van der Waals surface area contributed by atoms with Crippen molar-refractivity contribution in [3.8, 4) is 5.75 Å². The molecular formula is C24H29ClN4O2S. The molecule has 3 rings (SSSR count). The van der Waals surface area contributed by atoms with Gasteiger partial charge in [-0.2, -0.15) is 0 Å². The molecule has 1 N–H and O–H groups in total. The first-order valence-corrected chi connectivity index (χ1v) is 12.1. The van der Waals surface area contributed by atoms with E-state index in [0.29, 0.717) is 17.3 Å². The van der Waals surface area contributed by atoms with Crippen molar-refractivity contribution in [1.82, 2.24) is 20.1 Å². The third kappa shape index (κ3) is 6.26. The first kappa shape index (κ1) is 24.1. The minimum atomic E-state index is -0.0359. The molecule has 0 bridgehead atoms. The Kier molecular flexibility index (Phi) is 9.00. The zero-order valence-corrected chi connectivity index (χ0v) is 20.2. The summed E-state index contributed by atoms with van der Waals surface area (Å²) in [6.07, 6.45) is 1.86. The second-order valence-corrected chi connectivity index (χ2v) is 8.80. The van der Waals surface area contributed by atoms with Crippen LogP contribution in [0.1, 0.15) is 49.7 Å². The lowest BCUT2D eigenvalue weighted by molar-refractivity contribution is -0.118. The van der Waals surface area contributed by atoms with Gasteiger partial charge in [0.1, 0.15) is 12.4 Å². The Labute approximate surface area is 198 Å². The summed E-state index contributed by atoms with van der Waals surface area (Å²) in [5, 5.41) is 13.0. The third-order valence-electron chi connectivity index (χ3n) is 5.31. The third-order valence-corrected chi connectivity index (χ3v) is 6.56. The molecule has 0 unspecified atom stereocenters. The van der Waals surface area contributed by atoms with E-state index in [1.54, 1.807) is 6.07 Å². The first-order chi connectivity index (χ1) is 15.5. The number of ether oxygens (including phenoxy) is 1. The van der Waals surface area contributed by atoms with Crippen LogP contribution in [0.4, 0.5) is 0 Å². The number of nitrogens with one attached hydrogen (secondary N) is 1. The zero-order valence-electron chi connectivity index (χ0n) is 18.7. The number of amides is 1. The summed E-state index contributed by atoms with van der Waals surface area (Å²) >= 11 is 7.60. The van der Waals surface area contributed by atoms with Crippen molar-refractivity contribution in [2.24, 2.45) is 0 Å². The lowest BCUT2D eigenvalue weighted by atomic mass is 10.1. The number of aryl methyl sites for hydroxylation is 1. The number of carbonyl (C=O) groups excluding carboxylic acids is 1. The highest BCUT2D eigenvalue weighted by molar-refractivity contribution is 7.99. The van der Waals surface area contributed by atoms with Gasteiger partial charge in [-0.3, -0.25) is 4.79 Å². The average molecular weight is 473 g/mol. The molecule has 3 aromatic rings. The smallest absolute Gasteiger partial charge is 0.230 e. The zero-order chi connectivity index (χ0) is 22.9. The molecule has 6 nitrogen and oxygen atoms in total. The molecule has 0 aliphatic carbocycles. The largest absolute Gasteiger partial charge is 0.484 e. The number of nitrogens with zero attached hydrogens (tertiary/aromatic N) is 3. The number of aromatic nitrogens is 3. The maximum Gasteiger partial charge on any atom is 0.230 e. The molecule has 1 amide bonds. The Morgan fingerprint density at radius 2 is 1.84 bits per heavy atom. The molecule has 0 fully saturated rings. The van der Waals surface area contributed by atoms with E-state index >= 15 is 0 Å². The van der Waals surface area contributed by atoms with Gasteiger partial charge in [0, 0.05) is 12.6 Å². The lowest BCUT2D eigenvalue weighted by Gasteiger charge is -2.19. The number of benzene rings is 2. The van der Waals surface area contributed by atoms with Crippen molar-refractivity contribution in [1.29, 1.82) is 0 Å². The molecule has 1 aromatic heterocycles. The SMILES string of the molecule is CCC(CC)n1c(COc2ccccc2Cl)nnc1SCC(=O)NCc1ccccc1C. The van der Waals surface area contributed by atoms with E-state index in [4.69, 9.17) is 16.3 Å². The summed E-state index contributed by atoms with van der Waals surface area (Å²) in [7, 11) is 0. The normalized spacial score (nSPS) is 11.0. The highest BCUT2D eigenvalue weighted by Gasteiger charge is 2.20. The van der Waals surface area contributed by atoms with Gasteiger partial charge in [-0.1, -0.05) is 73.6 Å². The van der Waals surface area contributed by atoms with E-state index in [0.717, 1.165) is 34.9 Å². The van der Waals surface area contributed by atoms with Gasteiger partial charge < -0.3 is 14.6 Å². The molecular weight excluding hydrogens is 444 g/mol. The van der Waals surface area contributed by atoms with Gasteiger partial charge in [0.2, 0.25) is 5.91 Å². The van der Waals surface area contributed by atoms with Gasteiger partial charge in [-0.15, -0.1) is 10.2 Å². The molecule has 0 saturated heterocycles. The Morgan fingerprint density at radius 1 is 1.12 bits per heavy atom.